The van der Waals surface area contributed by atoms with Crippen molar-refractivity contribution in [1.82, 2.24) is 4.90 Å². The molecule has 0 saturated carbocycles. The number of carbonyl (C=O) groups excluding carboxylic acids is 3. The topological polar surface area (TPSA) is 119 Å². The number of fused-ring (bicyclic) bond motifs is 1. The van der Waals surface area contributed by atoms with Crippen LogP contribution in [-0.4, -0.2) is 36.2 Å². The molecular formula is C20H22N4O3. The molecule has 1 aliphatic carbocycles. The number of nitrogens with one attached hydrogen (secondary N) is 1. The Morgan fingerprint density at radius 2 is 1.70 bits per heavy atom. The van der Waals surface area contributed by atoms with E-state index in [1.165, 1.54) is 29.3 Å². The Bertz CT molecular complexity index is 878. The van der Waals surface area contributed by atoms with E-state index in [0.717, 1.165) is 12.8 Å². The Labute approximate surface area is 157 Å². The van der Waals surface area contributed by atoms with Gasteiger partial charge in [0.15, 0.2) is 0 Å². The molecule has 3 rings (SSSR count). The minimum absolute atomic E-state index is 0.111. The molecule has 1 atom stereocenters. The molecule has 140 valence electrons. The van der Waals surface area contributed by atoms with Gasteiger partial charge in [0.05, 0.1) is 6.54 Å². The molecule has 0 heterocycles. The van der Waals surface area contributed by atoms with E-state index in [9.17, 15) is 14.4 Å². The van der Waals surface area contributed by atoms with Crippen molar-refractivity contribution in [2.45, 2.75) is 18.9 Å². The molecule has 1 aliphatic rings. The summed E-state index contributed by atoms with van der Waals surface area (Å²) in [6, 6.07) is 12.6. The van der Waals surface area contributed by atoms with Crippen molar-refractivity contribution < 1.29 is 14.4 Å². The van der Waals surface area contributed by atoms with Crippen LogP contribution in [-0.2, 0) is 11.2 Å². The van der Waals surface area contributed by atoms with Crippen molar-refractivity contribution in [1.29, 1.82) is 0 Å². The molecule has 7 heteroatoms. The maximum atomic E-state index is 12.5. The zero-order valence-corrected chi connectivity index (χ0v) is 15.1. The summed E-state index contributed by atoms with van der Waals surface area (Å²) in [6.45, 7) is 0.172. The van der Waals surface area contributed by atoms with Gasteiger partial charge in [-0.15, -0.1) is 0 Å². The fourth-order valence-electron chi connectivity index (χ4n) is 3.51. The normalized spacial score (nSPS) is 15.4. The first-order valence-electron chi connectivity index (χ1n) is 8.67. The Morgan fingerprint density at radius 3 is 2.33 bits per heavy atom. The van der Waals surface area contributed by atoms with Crippen LogP contribution < -0.4 is 16.8 Å². The van der Waals surface area contributed by atoms with E-state index in [2.05, 4.69) is 17.4 Å². The number of likely N-dealkylation sites (N-methyl/N-ethyl adjacent to an activating group) is 1. The first-order chi connectivity index (χ1) is 12.8. The highest BCUT2D eigenvalue weighted by Crippen LogP contribution is 2.34. The third-order valence-corrected chi connectivity index (χ3v) is 4.81. The Morgan fingerprint density at radius 1 is 1.07 bits per heavy atom. The molecule has 0 saturated heterocycles. The molecule has 0 aliphatic heterocycles. The molecule has 0 radical (unpaired) electrons. The SMILES string of the molecule is CN(CC(=O)Nc1cc(C(N)=O)cc(C(N)=O)c1)[C@@H]1CCc2ccccc21. The smallest absolute Gasteiger partial charge is 0.248 e. The van der Waals surface area contributed by atoms with Gasteiger partial charge in [0, 0.05) is 22.9 Å². The van der Waals surface area contributed by atoms with Gasteiger partial charge < -0.3 is 16.8 Å². The Hall–Kier alpha value is -3.19. The lowest BCUT2D eigenvalue weighted by Gasteiger charge is -2.24. The highest BCUT2D eigenvalue weighted by atomic mass is 16.2. The number of rotatable bonds is 6. The zero-order valence-electron chi connectivity index (χ0n) is 15.1. The van der Waals surface area contributed by atoms with Crippen LogP contribution in [0.15, 0.2) is 42.5 Å². The van der Waals surface area contributed by atoms with Crippen molar-refractivity contribution in [3.63, 3.8) is 0 Å². The minimum Gasteiger partial charge on any atom is -0.366 e. The number of carbonyl (C=O) groups is 3. The van der Waals surface area contributed by atoms with Crippen LogP contribution in [0.4, 0.5) is 5.69 Å². The standard InChI is InChI=1S/C20H22N4O3/c1-24(17-7-6-12-4-2-3-5-16(12)17)11-18(25)23-15-9-13(19(21)26)8-14(10-15)20(22)27/h2-5,8-10,17H,6-7,11H2,1H3,(H2,21,26)(H2,22,27)(H,23,25)/t17-/m1/s1. The summed E-state index contributed by atoms with van der Waals surface area (Å²) in [5, 5.41) is 2.71. The van der Waals surface area contributed by atoms with Crippen molar-refractivity contribution in [2.75, 3.05) is 18.9 Å². The first-order valence-corrected chi connectivity index (χ1v) is 8.67. The number of aryl methyl sites for hydroxylation is 1. The lowest BCUT2D eigenvalue weighted by Crippen LogP contribution is -2.32. The number of nitrogens with zero attached hydrogens (tertiary/aromatic N) is 1. The highest BCUT2D eigenvalue weighted by Gasteiger charge is 2.26. The second kappa shape index (κ2) is 7.59. The van der Waals surface area contributed by atoms with Gasteiger partial charge in [-0.25, -0.2) is 0 Å². The predicted molar refractivity (Wildman–Crippen MR) is 102 cm³/mol. The van der Waals surface area contributed by atoms with E-state index in [1.54, 1.807) is 0 Å². The van der Waals surface area contributed by atoms with Gasteiger partial charge in [0.25, 0.3) is 0 Å². The molecule has 27 heavy (non-hydrogen) atoms. The summed E-state index contributed by atoms with van der Waals surface area (Å²) in [6.07, 6.45) is 1.96. The predicted octanol–water partition coefficient (Wildman–Crippen LogP) is 1.44. The van der Waals surface area contributed by atoms with E-state index in [1.807, 2.05) is 24.1 Å². The fourth-order valence-corrected chi connectivity index (χ4v) is 3.51. The summed E-state index contributed by atoms with van der Waals surface area (Å²) < 4.78 is 0. The fraction of sp³-hybridized carbons (Fsp3) is 0.250. The lowest BCUT2D eigenvalue weighted by atomic mass is 10.1. The Kier molecular flexibility index (Phi) is 5.23. The van der Waals surface area contributed by atoms with Crippen LogP contribution in [0.5, 0.6) is 0 Å². The molecule has 0 spiro atoms. The van der Waals surface area contributed by atoms with Crippen molar-refractivity contribution in [3.05, 3.63) is 64.7 Å². The van der Waals surface area contributed by atoms with Gasteiger partial charge in [0.2, 0.25) is 17.7 Å². The summed E-state index contributed by atoms with van der Waals surface area (Å²) in [5.41, 5.74) is 13.7. The monoisotopic (exact) mass is 366 g/mol. The van der Waals surface area contributed by atoms with Crippen LogP contribution in [0.25, 0.3) is 0 Å². The van der Waals surface area contributed by atoms with Gasteiger partial charge in [0.1, 0.15) is 0 Å². The number of nitrogens with two attached hydrogens (primary N) is 2. The first kappa shape index (κ1) is 18.6. The van der Waals surface area contributed by atoms with Gasteiger partial charge in [-0.2, -0.15) is 0 Å². The number of anilines is 1. The number of amides is 3. The average molecular weight is 366 g/mol. The van der Waals surface area contributed by atoms with Crippen LogP contribution >= 0.6 is 0 Å². The molecule has 2 aromatic carbocycles. The van der Waals surface area contributed by atoms with E-state index in [0.29, 0.717) is 5.69 Å². The van der Waals surface area contributed by atoms with Crippen LogP contribution in [0.1, 0.15) is 44.3 Å². The number of primary amides is 2. The summed E-state index contributed by atoms with van der Waals surface area (Å²) in [4.78, 5) is 37.3. The van der Waals surface area contributed by atoms with E-state index in [-0.39, 0.29) is 29.6 Å². The molecule has 0 fully saturated rings. The van der Waals surface area contributed by atoms with Crippen molar-refractivity contribution in [2.24, 2.45) is 11.5 Å². The second-order valence-electron chi connectivity index (χ2n) is 6.74. The third kappa shape index (κ3) is 4.15. The van der Waals surface area contributed by atoms with Crippen molar-refractivity contribution >= 4 is 23.4 Å². The Balaban J connectivity index is 1.71. The van der Waals surface area contributed by atoms with Crippen LogP contribution in [0.3, 0.4) is 0 Å². The molecule has 7 nitrogen and oxygen atoms in total. The number of hydrogen-bond donors (Lipinski definition) is 3. The van der Waals surface area contributed by atoms with Crippen LogP contribution in [0.2, 0.25) is 0 Å². The van der Waals surface area contributed by atoms with Gasteiger partial charge in [-0.05, 0) is 49.2 Å². The van der Waals surface area contributed by atoms with E-state index in [4.69, 9.17) is 11.5 Å². The highest BCUT2D eigenvalue weighted by molar-refractivity contribution is 6.01. The summed E-state index contributed by atoms with van der Waals surface area (Å²) in [5.74, 6) is -1.65. The molecule has 0 bridgehead atoms. The van der Waals surface area contributed by atoms with Gasteiger partial charge in [-0.1, -0.05) is 24.3 Å². The quantitative estimate of drug-likeness (QED) is 0.717. The van der Waals surface area contributed by atoms with Gasteiger partial charge >= 0.3 is 0 Å². The van der Waals surface area contributed by atoms with Crippen LogP contribution in [0, 0.1) is 0 Å². The molecule has 0 unspecified atom stereocenters. The third-order valence-electron chi connectivity index (χ3n) is 4.81. The number of benzene rings is 2. The maximum Gasteiger partial charge on any atom is 0.248 e. The molecule has 2 aromatic rings. The average Bonchev–Trinajstić information content (AvgIpc) is 3.05. The molecule has 0 aromatic heterocycles. The van der Waals surface area contributed by atoms with E-state index < -0.39 is 11.8 Å². The molecule has 3 amide bonds. The largest absolute Gasteiger partial charge is 0.366 e. The maximum absolute atomic E-state index is 12.5. The zero-order chi connectivity index (χ0) is 19.6. The summed E-state index contributed by atoms with van der Waals surface area (Å²) >= 11 is 0. The number of hydrogen-bond acceptors (Lipinski definition) is 4. The molecule has 5 N–H and O–H groups in total. The second-order valence-corrected chi connectivity index (χ2v) is 6.74. The van der Waals surface area contributed by atoms with E-state index >= 15 is 0 Å². The molecular weight excluding hydrogens is 344 g/mol. The van der Waals surface area contributed by atoms with Crippen molar-refractivity contribution in [3.8, 4) is 0 Å². The van der Waals surface area contributed by atoms with Gasteiger partial charge in [-0.3, -0.25) is 19.3 Å². The minimum atomic E-state index is -0.701. The lowest BCUT2D eigenvalue weighted by molar-refractivity contribution is -0.117. The summed E-state index contributed by atoms with van der Waals surface area (Å²) in [7, 11) is 1.90.